The summed E-state index contributed by atoms with van der Waals surface area (Å²) in [5, 5.41) is 30.9. The normalized spacial score (nSPS) is 20.6. The zero-order valence-corrected chi connectivity index (χ0v) is 14.4. The number of ether oxygens (including phenoxy) is 1. The van der Waals surface area contributed by atoms with E-state index in [-0.39, 0.29) is 39.8 Å². The molecule has 0 spiro atoms. The van der Waals surface area contributed by atoms with E-state index in [9.17, 15) is 29.7 Å². The summed E-state index contributed by atoms with van der Waals surface area (Å²) in [5.74, 6) is -3.24. The quantitative estimate of drug-likeness (QED) is 0.594. The van der Waals surface area contributed by atoms with Gasteiger partial charge in [-0.3, -0.25) is 9.59 Å². The van der Waals surface area contributed by atoms with Gasteiger partial charge in [0.2, 0.25) is 0 Å². The summed E-state index contributed by atoms with van der Waals surface area (Å²) in [6.07, 6.45) is -1.92. The molecule has 3 N–H and O–H groups in total. The van der Waals surface area contributed by atoms with Gasteiger partial charge in [0.1, 0.15) is 11.5 Å². The molecular formula is C20H16O7. The Kier molecular flexibility index (Phi) is 3.78. The van der Waals surface area contributed by atoms with E-state index >= 15 is 0 Å². The monoisotopic (exact) mass is 368 g/mol. The van der Waals surface area contributed by atoms with E-state index in [1.165, 1.54) is 12.1 Å². The number of fused-ring (bicyclic) bond motifs is 3. The molecule has 2 aliphatic rings. The molecule has 2 aromatic rings. The molecule has 0 amide bonds. The van der Waals surface area contributed by atoms with Gasteiger partial charge in [0.05, 0.1) is 17.2 Å². The van der Waals surface area contributed by atoms with Crippen molar-refractivity contribution in [3.63, 3.8) is 0 Å². The summed E-state index contributed by atoms with van der Waals surface area (Å²) in [6.45, 7) is 1.73. The van der Waals surface area contributed by atoms with Crippen molar-refractivity contribution in [1.29, 1.82) is 0 Å². The van der Waals surface area contributed by atoms with Gasteiger partial charge in [0.15, 0.2) is 17.7 Å². The fourth-order valence-corrected chi connectivity index (χ4v) is 3.88. The molecule has 0 bridgehead atoms. The van der Waals surface area contributed by atoms with Gasteiger partial charge in [-0.2, -0.15) is 0 Å². The highest BCUT2D eigenvalue weighted by Crippen LogP contribution is 2.49. The molecule has 1 aliphatic carbocycles. The topological polar surface area (TPSA) is 121 Å². The first kappa shape index (κ1) is 17.2. The molecule has 1 heterocycles. The molecule has 0 aromatic heterocycles. The van der Waals surface area contributed by atoms with Crippen LogP contribution in [0.3, 0.4) is 0 Å². The highest BCUT2D eigenvalue weighted by atomic mass is 16.5. The van der Waals surface area contributed by atoms with Crippen LogP contribution >= 0.6 is 0 Å². The van der Waals surface area contributed by atoms with E-state index in [0.29, 0.717) is 6.42 Å². The van der Waals surface area contributed by atoms with Crippen LogP contribution in [-0.2, 0) is 16.0 Å². The first-order valence-electron chi connectivity index (χ1n) is 8.54. The van der Waals surface area contributed by atoms with Crippen molar-refractivity contribution in [1.82, 2.24) is 0 Å². The predicted octanol–water partition coefficient (Wildman–Crippen LogP) is 2.35. The van der Waals surface area contributed by atoms with Crippen LogP contribution < -0.4 is 0 Å². The second kappa shape index (κ2) is 5.92. The van der Waals surface area contributed by atoms with Gasteiger partial charge < -0.3 is 20.1 Å². The summed E-state index contributed by atoms with van der Waals surface area (Å²) in [4.78, 5) is 37.2. The fourth-order valence-electron chi connectivity index (χ4n) is 3.88. The first-order valence-corrected chi connectivity index (χ1v) is 8.54. The molecular weight excluding hydrogens is 352 g/mol. The highest BCUT2D eigenvalue weighted by Gasteiger charge is 2.42. The fraction of sp³-hybridized carbons (Fsp3) is 0.250. The number of phenols is 2. The van der Waals surface area contributed by atoms with E-state index in [0.717, 1.165) is 0 Å². The van der Waals surface area contributed by atoms with Crippen LogP contribution in [0.5, 0.6) is 11.5 Å². The van der Waals surface area contributed by atoms with Gasteiger partial charge in [-0.15, -0.1) is 0 Å². The average Bonchev–Trinajstić information content (AvgIpc) is 2.67. The van der Waals surface area contributed by atoms with Crippen molar-refractivity contribution >= 4 is 17.5 Å². The lowest BCUT2D eigenvalue weighted by atomic mass is 9.78. The predicted molar refractivity (Wildman–Crippen MR) is 92.3 cm³/mol. The number of carbonyl (C=O) groups is 3. The summed E-state index contributed by atoms with van der Waals surface area (Å²) in [6, 6.07) is 6.18. The van der Waals surface area contributed by atoms with E-state index in [2.05, 4.69) is 0 Å². The highest BCUT2D eigenvalue weighted by molar-refractivity contribution is 6.30. The SMILES string of the molecule is CCC1OC(C(=O)O)Cc2c(O)c3c(c(O)c21)C(=O)c1ccccc1C3=O. The number of benzene rings is 2. The van der Waals surface area contributed by atoms with Crippen LogP contribution in [0.25, 0.3) is 0 Å². The minimum atomic E-state index is -1.22. The van der Waals surface area contributed by atoms with E-state index < -0.39 is 41.2 Å². The van der Waals surface area contributed by atoms with Crippen LogP contribution in [0.2, 0.25) is 0 Å². The van der Waals surface area contributed by atoms with Crippen LogP contribution in [-0.4, -0.2) is 39.0 Å². The number of aliphatic carboxylic acids is 1. The maximum Gasteiger partial charge on any atom is 0.333 e. The number of carboxylic acid groups (broad SMARTS) is 1. The van der Waals surface area contributed by atoms with Crippen molar-refractivity contribution in [3.05, 3.63) is 57.6 Å². The molecule has 4 rings (SSSR count). The number of hydrogen-bond acceptors (Lipinski definition) is 6. The zero-order chi connectivity index (χ0) is 19.5. The summed E-state index contributed by atoms with van der Waals surface area (Å²) in [7, 11) is 0. The molecule has 2 unspecified atom stereocenters. The lowest BCUT2D eigenvalue weighted by Crippen LogP contribution is -2.34. The Morgan fingerprint density at radius 1 is 1.07 bits per heavy atom. The first-order chi connectivity index (χ1) is 12.9. The molecule has 0 radical (unpaired) electrons. The minimum absolute atomic E-state index is 0.136. The standard InChI is InChI=1S/C20H16O7/c1-2-11-13-10(7-12(27-11)20(25)26)18(23)14-15(19(13)24)17(22)9-6-4-3-5-8(9)16(14)21/h3-6,11-12,23-24H,2,7H2,1H3,(H,25,26). The molecule has 7 nitrogen and oxygen atoms in total. The molecule has 0 saturated carbocycles. The summed E-state index contributed by atoms with van der Waals surface area (Å²) >= 11 is 0. The lowest BCUT2D eigenvalue weighted by Gasteiger charge is -2.33. The molecule has 0 saturated heterocycles. The summed E-state index contributed by atoms with van der Waals surface area (Å²) < 4.78 is 5.52. The van der Waals surface area contributed by atoms with Gasteiger partial charge in [0.25, 0.3) is 0 Å². The van der Waals surface area contributed by atoms with Gasteiger partial charge in [-0.05, 0) is 6.42 Å². The summed E-state index contributed by atoms with van der Waals surface area (Å²) in [5.41, 5.74) is 0.0575. The number of carbonyl (C=O) groups excluding carboxylic acids is 2. The van der Waals surface area contributed by atoms with Crippen molar-refractivity contribution in [2.45, 2.75) is 32.0 Å². The third-order valence-corrected chi connectivity index (χ3v) is 5.15. The minimum Gasteiger partial charge on any atom is -0.507 e. The number of hydrogen-bond donors (Lipinski definition) is 3. The number of ketones is 2. The third kappa shape index (κ3) is 2.28. The van der Waals surface area contributed by atoms with Crippen molar-refractivity contribution in [2.24, 2.45) is 0 Å². The average molecular weight is 368 g/mol. The number of carboxylic acids is 1. The molecule has 27 heavy (non-hydrogen) atoms. The van der Waals surface area contributed by atoms with Crippen molar-refractivity contribution in [2.75, 3.05) is 0 Å². The Morgan fingerprint density at radius 2 is 1.63 bits per heavy atom. The molecule has 2 atom stereocenters. The lowest BCUT2D eigenvalue weighted by molar-refractivity contribution is -0.156. The zero-order valence-electron chi connectivity index (χ0n) is 14.4. The maximum absolute atomic E-state index is 12.9. The Hall–Kier alpha value is -3.19. The molecule has 7 heteroatoms. The Morgan fingerprint density at radius 3 is 2.15 bits per heavy atom. The van der Waals surface area contributed by atoms with Crippen LogP contribution in [0, 0.1) is 0 Å². The second-order valence-electron chi connectivity index (χ2n) is 6.61. The molecule has 1 aliphatic heterocycles. The largest absolute Gasteiger partial charge is 0.507 e. The van der Waals surface area contributed by atoms with Crippen LogP contribution in [0.1, 0.15) is 62.4 Å². The van der Waals surface area contributed by atoms with Crippen molar-refractivity contribution < 1.29 is 34.4 Å². The van der Waals surface area contributed by atoms with Crippen molar-refractivity contribution in [3.8, 4) is 11.5 Å². The van der Waals surface area contributed by atoms with Gasteiger partial charge in [0, 0.05) is 28.7 Å². The number of aromatic hydroxyl groups is 2. The Bertz CT molecular complexity index is 1020. The van der Waals surface area contributed by atoms with E-state index in [1.54, 1.807) is 19.1 Å². The van der Waals surface area contributed by atoms with Gasteiger partial charge >= 0.3 is 5.97 Å². The van der Waals surface area contributed by atoms with Gasteiger partial charge in [-0.25, -0.2) is 4.79 Å². The molecule has 2 aromatic carbocycles. The third-order valence-electron chi connectivity index (χ3n) is 5.15. The van der Waals surface area contributed by atoms with E-state index in [1.807, 2.05) is 0 Å². The number of rotatable bonds is 2. The second-order valence-corrected chi connectivity index (χ2v) is 6.61. The smallest absolute Gasteiger partial charge is 0.333 e. The number of phenolic OH excluding ortho intramolecular Hbond substituents is 2. The van der Waals surface area contributed by atoms with Gasteiger partial charge in [-0.1, -0.05) is 31.2 Å². The van der Waals surface area contributed by atoms with Crippen LogP contribution in [0.15, 0.2) is 24.3 Å². The Balaban J connectivity index is 2.02. The molecule has 0 fully saturated rings. The maximum atomic E-state index is 12.9. The molecule has 138 valence electrons. The Labute approximate surface area is 153 Å². The van der Waals surface area contributed by atoms with Crippen LogP contribution in [0.4, 0.5) is 0 Å². The van der Waals surface area contributed by atoms with E-state index in [4.69, 9.17) is 4.74 Å².